The van der Waals surface area contributed by atoms with E-state index in [0.29, 0.717) is 11.3 Å². The van der Waals surface area contributed by atoms with Gasteiger partial charge in [-0.2, -0.15) is 8.78 Å². The molecule has 0 amide bonds. The number of likely N-dealkylation sites (tertiary alicyclic amines) is 1. The Bertz CT molecular complexity index is 209. The molecule has 1 saturated heterocycles. The Hall–Kier alpha value is 1.37. The van der Waals surface area contributed by atoms with E-state index >= 15 is 0 Å². The van der Waals surface area contributed by atoms with E-state index in [1.807, 2.05) is 0 Å². The molecule has 1 aliphatic rings. The average molecular weight is 248 g/mol. The van der Waals surface area contributed by atoms with Crippen LogP contribution in [0.25, 0.3) is 0 Å². The number of piperidine rings is 1. The van der Waals surface area contributed by atoms with E-state index in [-0.39, 0.29) is 72.0 Å². The summed E-state index contributed by atoms with van der Waals surface area (Å²) >= 11 is 0. The van der Waals surface area contributed by atoms with Gasteiger partial charge in [-0.25, -0.2) is 9.29 Å². The maximum absolute atomic E-state index is 13.4. The molecular weight excluding hydrogens is 237 g/mol. The first-order valence-corrected chi connectivity index (χ1v) is 4.29. The Morgan fingerprint density at radius 1 is 1.47 bits per heavy atom. The molecule has 0 spiro atoms. The first-order chi connectivity index (χ1) is 6.42. The number of nitrogens with zero attached hydrogens (tertiary/aromatic N) is 1. The van der Waals surface area contributed by atoms with Gasteiger partial charge in [0.25, 0.3) is 0 Å². The van der Waals surface area contributed by atoms with Gasteiger partial charge in [-0.15, -0.1) is 0 Å². The van der Waals surface area contributed by atoms with Crippen LogP contribution in [-0.2, 0) is 4.65 Å². The average Bonchev–Trinajstić information content (AvgIpc) is 2.08. The summed E-state index contributed by atoms with van der Waals surface area (Å²) in [5.74, 6) is 0. The maximum atomic E-state index is 13.4. The van der Waals surface area contributed by atoms with Gasteiger partial charge in [0, 0.05) is 6.54 Å². The molecule has 0 saturated carbocycles. The molecule has 3 nitrogen and oxygen atoms in total. The van der Waals surface area contributed by atoms with E-state index in [1.165, 1.54) is 0 Å². The number of hydrogen-bond donors (Lipinski definition) is 0. The van der Waals surface area contributed by atoms with Crippen molar-refractivity contribution in [2.45, 2.75) is 31.5 Å². The van der Waals surface area contributed by atoms with Crippen molar-refractivity contribution in [2.24, 2.45) is 0 Å². The summed E-state index contributed by atoms with van der Waals surface area (Å²) in [7, 11) is 0.0697. The molecule has 1 aliphatic heterocycles. The van der Waals surface area contributed by atoms with Gasteiger partial charge in [-0.1, -0.05) is 0 Å². The van der Waals surface area contributed by atoms with E-state index in [1.54, 1.807) is 0 Å². The second-order valence-electron chi connectivity index (χ2n) is 3.50. The van der Waals surface area contributed by atoms with Crippen molar-refractivity contribution in [3.63, 3.8) is 0 Å². The Balaban J connectivity index is 0.00000196. The minimum absolute atomic E-state index is 0. The van der Waals surface area contributed by atoms with Gasteiger partial charge in [-0.05, 0) is 19.8 Å². The van der Waals surface area contributed by atoms with Gasteiger partial charge in [0.2, 0.25) is 0 Å². The molecule has 1 radical (unpaired) electrons. The molecule has 0 N–H and O–H groups in total. The van der Waals surface area contributed by atoms with Crippen LogP contribution in [0.5, 0.6) is 0 Å². The zero-order valence-corrected chi connectivity index (χ0v) is 11.9. The third-order valence-electron chi connectivity index (χ3n) is 2.40. The quantitative estimate of drug-likeness (QED) is 0.402. The van der Waals surface area contributed by atoms with Crippen molar-refractivity contribution in [2.75, 3.05) is 13.3 Å². The normalized spacial score (nSPS) is 30.7. The molecule has 8 heteroatoms. The Labute approximate surface area is 130 Å². The van der Waals surface area contributed by atoms with Crippen LogP contribution in [0.4, 0.5) is 13.2 Å². The fraction of sp³-hybridized carbons (Fsp3) is 1.00. The fourth-order valence-electron chi connectivity index (χ4n) is 1.49. The number of halogens is 3. The monoisotopic (exact) mass is 248 g/mol. The van der Waals surface area contributed by atoms with Crippen molar-refractivity contribution in [1.82, 2.24) is 4.90 Å². The summed E-state index contributed by atoms with van der Waals surface area (Å²) in [5.41, 5.74) is -2.56. The Kier molecular flexibility index (Phi) is 6.92. The summed E-state index contributed by atoms with van der Waals surface area (Å²) in [6.45, 7) is 0.316. The summed E-state index contributed by atoms with van der Waals surface area (Å²) in [5, 5.41) is 9.83. The van der Waals surface area contributed by atoms with Crippen molar-refractivity contribution in [3.05, 3.63) is 0 Å². The van der Waals surface area contributed by atoms with Gasteiger partial charge < -0.3 is 9.68 Å². The number of rotatable bonds is 3. The first kappa shape index (κ1) is 16.4. The standard InChI is InChI=1S/C7H11BF3NO2.K/c1-6(9)3-2-4-12(5-14-8-13)7(6,10)11;/h2-5H2,1H3;/q-1;+1/t6-;/m0./s1. The van der Waals surface area contributed by atoms with E-state index < -0.39 is 18.4 Å². The smallest absolute Gasteiger partial charge is 0.861 e. The van der Waals surface area contributed by atoms with Crippen LogP contribution in [0.15, 0.2) is 0 Å². The van der Waals surface area contributed by atoms with Gasteiger partial charge >= 0.3 is 57.4 Å². The molecule has 1 heterocycles. The summed E-state index contributed by atoms with van der Waals surface area (Å²) in [6, 6.07) is -3.58. The number of hydrogen-bond acceptors (Lipinski definition) is 3. The summed E-state index contributed by atoms with van der Waals surface area (Å²) in [4.78, 5) is 0.533. The second kappa shape index (κ2) is 6.34. The van der Waals surface area contributed by atoms with Crippen LogP contribution in [0.3, 0.4) is 0 Å². The molecule has 0 aromatic carbocycles. The largest absolute Gasteiger partial charge is 1.00 e. The van der Waals surface area contributed by atoms with Crippen molar-refractivity contribution < 1.29 is 74.2 Å². The molecule has 15 heavy (non-hydrogen) atoms. The minimum atomic E-state index is -3.58. The van der Waals surface area contributed by atoms with Crippen LogP contribution in [0.1, 0.15) is 19.8 Å². The number of alkyl halides is 3. The predicted octanol–water partition coefficient (Wildman–Crippen LogP) is -2.72. The topological polar surface area (TPSA) is 35.5 Å². The Morgan fingerprint density at radius 2 is 2.07 bits per heavy atom. The van der Waals surface area contributed by atoms with E-state index in [4.69, 9.17) is 0 Å². The van der Waals surface area contributed by atoms with Crippen molar-refractivity contribution in [3.8, 4) is 0 Å². The second-order valence-corrected chi connectivity index (χ2v) is 3.50. The predicted molar refractivity (Wildman–Crippen MR) is 42.1 cm³/mol. The fourth-order valence-corrected chi connectivity index (χ4v) is 1.49. The van der Waals surface area contributed by atoms with Gasteiger partial charge in [0.05, 0.1) is 6.73 Å². The molecular formula is C7H11BF3KNO2. The van der Waals surface area contributed by atoms with E-state index in [9.17, 15) is 18.2 Å². The third kappa shape index (κ3) is 3.67. The maximum Gasteiger partial charge on any atom is 1.00 e. The van der Waals surface area contributed by atoms with Gasteiger partial charge in [0.1, 0.15) is 0 Å². The molecule has 81 valence electrons. The molecule has 0 aromatic heterocycles. The van der Waals surface area contributed by atoms with E-state index in [0.717, 1.165) is 6.92 Å². The zero-order chi connectivity index (χ0) is 10.8. The van der Waals surface area contributed by atoms with Crippen LogP contribution >= 0.6 is 0 Å². The third-order valence-corrected chi connectivity index (χ3v) is 2.40. The van der Waals surface area contributed by atoms with Crippen molar-refractivity contribution in [1.29, 1.82) is 0 Å². The van der Waals surface area contributed by atoms with Crippen molar-refractivity contribution >= 4 is 7.69 Å². The zero-order valence-electron chi connectivity index (χ0n) is 8.80. The van der Waals surface area contributed by atoms with Crippen LogP contribution < -0.4 is 56.4 Å². The molecule has 1 rings (SSSR count). The molecule has 0 aliphatic carbocycles. The summed E-state index contributed by atoms with van der Waals surface area (Å²) < 4.78 is 44.2. The minimum Gasteiger partial charge on any atom is -0.861 e. The Morgan fingerprint density at radius 3 is 2.60 bits per heavy atom. The molecule has 0 unspecified atom stereocenters. The summed E-state index contributed by atoms with van der Waals surface area (Å²) in [6.07, 6.45) is 0.141. The van der Waals surface area contributed by atoms with Gasteiger partial charge in [0.15, 0.2) is 13.4 Å². The van der Waals surface area contributed by atoms with Crippen LogP contribution in [0, 0.1) is 0 Å². The van der Waals surface area contributed by atoms with Crippen LogP contribution in [0.2, 0.25) is 0 Å². The van der Waals surface area contributed by atoms with Gasteiger partial charge in [-0.3, -0.25) is 0 Å². The van der Waals surface area contributed by atoms with Crippen LogP contribution in [-0.4, -0.2) is 37.6 Å². The molecule has 1 fully saturated rings. The van der Waals surface area contributed by atoms with E-state index in [2.05, 4.69) is 4.65 Å². The molecule has 0 aromatic rings. The molecule has 1 atom stereocenters. The molecule has 0 bridgehead atoms. The SMILES string of the molecule is C[C@]1(F)CCCN(CO[B][O-])C1(F)F.[K+]. The first-order valence-electron chi connectivity index (χ1n) is 4.29.